The Labute approximate surface area is 94.8 Å². The fourth-order valence-corrected chi connectivity index (χ4v) is 2.42. The molecule has 1 rings (SSSR count). The number of methoxy groups -OCH3 is 1. The van der Waals surface area contributed by atoms with Crippen molar-refractivity contribution < 1.29 is 4.74 Å². The van der Waals surface area contributed by atoms with Gasteiger partial charge >= 0.3 is 0 Å². The number of rotatable bonds is 6. The third kappa shape index (κ3) is 5.53. The Morgan fingerprint density at radius 2 is 1.87 bits per heavy atom. The lowest BCUT2D eigenvalue weighted by Gasteiger charge is -2.20. The van der Waals surface area contributed by atoms with Crippen LogP contribution in [-0.2, 0) is 4.74 Å². The van der Waals surface area contributed by atoms with E-state index in [9.17, 15) is 0 Å². The van der Waals surface area contributed by atoms with E-state index >= 15 is 0 Å². The molecule has 0 amide bonds. The van der Waals surface area contributed by atoms with Crippen molar-refractivity contribution in [2.24, 2.45) is 5.92 Å². The van der Waals surface area contributed by atoms with Gasteiger partial charge in [-0.1, -0.05) is 32.6 Å². The Bertz CT molecular complexity index is 141. The maximum atomic E-state index is 5.20. The summed E-state index contributed by atoms with van der Waals surface area (Å²) in [4.78, 5) is 0. The quantitative estimate of drug-likeness (QED) is 0.685. The summed E-state index contributed by atoms with van der Waals surface area (Å²) in [6, 6.07) is 0.554. The monoisotopic (exact) mass is 213 g/mol. The van der Waals surface area contributed by atoms with Gasteiger partial charge in [0.05, 0.1) is 6.61 Å². The molecule has 1 N–H and O–H groups in total. The van der Waals surface area contributed by atoms with Crippen LogP contribution in [0.3, 0.4) is 0 Å². The van der Waals surface area contributed by atoms with E-state index in [2.05, 4.69) is 12.2 Å². The molecule has 0 radical (unpaired) electrons. The van der Waals surface area contributed by atoms with Crippen LogP contribution >= 0.6 is 0 Å². The molecule has 0 aliphatic heterocycles. The van der Waals surface area contributed by atoms with Gasteiger partial charge in [-0.05, 0) is 31.7 Å². The van der Waals surface area contributed by atoms with Crippen LogP contribution in [0, 0.1) is 5.92 Å². The highest BCUT2D eigenvalue weighted by atomic mass is 16.5. The molecule has 1 unspecified atom stereocenters. The van der Waals surface area contributed by atoms with Gasteiger partial charge in [0.15, 0.2) is 0 Å². The lowest BCUT2D eigenvalue weighted by atomic mass is 10.00. The molecular formula is C13H27NO. The molecule has 0 aromatic heterocycles. The summed E-state index contributed by atoms with van der Waals surface area (Å²) in [6.45, 7) is 4.27. The molecule has 2 nitrogen and oxygen atoms in total. The summed E-state index contributed by atoms with van der Waals surface area (Å²) in [5.41, 5.74) is 0. The van der Waals surface area contributed by atoms with E-state index in [0.29, 0.717) is 6.04 Å². The van der Waals surface area contributed by atoms with Gasteiger partial charge in [0.1, 0.15) is 0 Å². The Morgan fingerprint density at radius 3 is 2.40 bits per heavy atom. The number of hydrogen-bond donors (Lipinski definition) is 1. The lowest BCUT2D eigenvalue weighted by Crippen LogP contribution is -2.36. The van der Waals surface area contributed by atoms with Crippen molar-refractivity contribution in [2.45, 2.75) is 57.9 Å². The van der Waals surface area contributed by atoms with E-state index in [1.54, 1.807) is 7.11 Å². The maximum Gasteiger partial charge on any atom is 0.0615 e. The van der Waals surface area contributed by atoms with Crippen molar-refractivity contribution in [3.05, 3.63) is 0 Å². The first-order chi connectivity index (χ1) is 7.36. The van der Waals surface area contributed by atoms with E-state index in [1.165, 1.54) is 51.5 Å². The Morgan fingerprint density at radius 1 is 1.20 bits per heavy atom. The van der Waals surface area contributed by atoms with Gasteiger partial charge in [0.25, 0.3) is 0 Å². The van der Waals surface area contributed by atoms with Crippen molar-refractivity contribution in [1.29, 1.82) is 0 Å². The standard InChI is InChI=1S/C13H27NO/c1-3-13(11-15-2)14-10-12-8-6-4-5-7-9-12/h12-14H,3-11H2,1-2H3. The molecule has 1 aliphatic rings. The minimum Gasteiger partial charge on any atom is -0.383 e. The average molecular weight is 213 g/mol. The molecule has 1 saturated carbocycles. The fraction of sp³-hybridized carbons (Fsp3) is 1.00. The molecule has 1 atom stereocenters. The molecule has 15 heavy (non-hydrogen) atoms. The van der Waals surface area contributed by atoms with Crippen LogP contribution in [0.1, 0.15) is 51.9 Å². The summed E-state index contributed by atoms with van der Waals surface area (Å²) in [7, 11) is 1.79. The van der Waals surface area contributed by atoms with Gasteiger partial charge in [0.2, 0.25) is 0 Å². The number of hydrogen-bond acceptors (Lipinski definition) is 2. The minimum atomic E-state index is 0.554. The summed E-state index contributed by atoms with van der Waals surface area (Å²) in [5.74, 6) is 0.915. The third-order valence-electron chi connectivity index (χ3n) is 3.53. The van der Waals surface area contributed by atoms with Crippen molar-refractivity contribution >= 4 is 0 Å². The molecule has 90 valence electrons. The van der Waals surface area contributed by atoms with Crippen LogP contribution in [0.25, 0.3) is 0 Å². The van der Waals surface area contributed by atoms with E-state index in [4.69, 9.17) is 4.74 Å². The summed E-state index contributed by atoms with van der Waals surface area (Å²) in [5, 5.41) is 3.64. The fourth-order valence-electron chi connectivity index (χ4n) is 2.42. The van der Waals surface area contributed by atoms with Gasteiger partial charge in [-0.25, -0.2) is 0 Å². The molecule has 0 saturated heterocycles. The topological polar surface area (TPSA) is 21.3 Å². The molecule has 1 aliphatic carbocycles. The first-order valence-electron chi connectivity index (χ1n) is 6.59. The van der Waals surface area contributed by atoms with Crippen LogP contribution in [0.15, 0.2) is 0 Å². The summed E-state index contributed by atoms with van der Waals surface area (Å²) < 4.78 is 5.20. The predicted molar refractivity (Wildman–Crippen MR) is 65.1 cm³/mol. The van der Waals surface area contributed by atoms with E-state index < -0.39 is 0 Å². The van der Waals surface area contributed by atoms with Crippen molar-refractivity contribution in [1.82, 2.24) is 5.32 Å². The average Bonchev–Trinajstić information content (AvgIpc) is 2.52. The van der Waals surface area contributed by atoms with E-state index in [-0.39, 0.29) is 0 Å². The second-order valence-electron chi connectivity index (χ2n) is 4.83. The molecule has 0 spiro atoms. The second kappa shape index (κ2) is 8.12. The Balaban J connectivity index is 2.15. The lowest BCUT2D eigenvalue weighted by molar-refractivity contribution is 0.161. The van der Waals surface area contributed by atoms with Crippen molar-refractivity contribution in [3.63, 3.8) is 0 Å². The first kappa shape index (κ1) is 13.0. The molecule has 1 fully saturated rings. The summed E-state index contributed by atoms with van der Waals surface area (Å²) in [6.07, 6.45) is 9.80. The second-order valence-corrected chi connectivity index (χ2v) is 4.83. The van der Waals surface area contributed by atoms with E-state index in [0.717, 1.165) is 12.5 Å². The SMILES string of the molecule is CCC(COC)NCC1CCCCCC1. The maximum absolute atomic E-state index is 5.20. The molecular weight excluding hydrogens is 186 g/mol. The van der Waals surface area contributed by atoms with Gasteiger partial charge in [0, 0.05) is 13.2 Å². The number of nitrogens with one attached hydrogen (secondary N) is 1. The first-order valence-corrected chi connectivity index (χ1v) is 6.59. The zero-order chi connectivity index (χ0) is 10.9. The van der Waals surface area contributed by atoms with Crippen LogP contribution in [0.4, 0.5) is 0 Å². The van der Waals surface area contributed by atoms with Crippen LogP contribution in [0.2, 0.25) is 0 Å². The highest BCUT2D eigenvalue weighted by Crippen LogP contribution is 2.22. The number of ether oxygens (including phenoxy) is 1. The van der Waals surface area contributed by atoms with Crippen molar-refractivity contribution in [3.8, 4) is 0 Å². The summed E-state index contributed by atoms with van der Waals surface area (Å²) >= 11 is 0. The van der Waals surface area contributed by atoms with Gasteiger partial charge in [-0.3, -0.25) is 0 Å². The zero-order valence-electron chi connectivity index (χ0n) is 10.4. The Kier molecular flexibility index (Phi) is 7.03. The third-order valence-corrected chi connectivity index (χ3v) is 3.53. The van der Waals surface area contributed by atoms with Gasteiger partial charge in [-0.15, -0.1) is 0 Å². The molecule has 0 aromatic carbocycles. The van der Waals surface area contributed by atoms with Crippen LogP contribution < -0.4 is 5.32 Å². The van der Waals surface area contributed by atoms with Crippen LogP contribution in [0.5, 0.6) is 0 Å². The molecule has 0 aromatic rings. The smallest absolute Gasteiger partial charge is 0.0615 e. The molecule has 0 heterocycles. The zero-order valence-corrected chi connectivity index (χ0v) is 10.4. The van der Waals surface area contributed by atoms with Crippen molar-refractivity contribution in [2.75, 3.05) is 20.3 Å². The normalized spacial score (nSPS) is 21.2. The minimum absolute atomic E-state index is 0.554. The largest absolute Gasteiger partial charge is 0.383 e. The molecule has 2 heteroatoms. The highest BCUT2D eigenvalue weighted by molar-refractivity contribution is 4.70. The van der Waals surface area contributed by atoms with Crippen LogP contribution in [-0.4, -0.2) is 26.3 Å². The predicted octanol–water partition coefficient (Wildman–Crippen LogP) is 2.97. The van der Waals surface area contributed by atoms with Gasteiger partial charge < -0.3 is 10.1 Å². The molecule has 0 bridgehead atoms. The van der Waals surface area contributed by atoms with E-state index in [1.807, 2.05) is 0 Å². The highest BCUT2D eigenvalue weighted by Gasteiger charge is 2.13. The Hall–Kier alpha value is -0.0800. The van der Waals surface area contributed by atoms with Gasteiger partial charge in [-0.2, -0.15) is 0 Å².